The first-order valence-corrected chi connectivity index (χ1v) is 15.0. The van der Waals surface area contributed by atoms with E-state index in [1.165, 1.54) is 36.5 Å². The van der Waals surface area contributed by atoms with Gasteiger partial charge in [0.25, 0.3) is 17.5 Å². The van der Waals surface area contributed by atoms with Gasteiger partial charge >= 0.3 is 5.97 Å². The molecule has 0 bridgehead atoms. The number of rotatable bonds is 10. The van der Waals surface area contributed by atoms with Crippen molar-refractivity contribution in [1.29, 1.82) is 0 Å². The number of carbonyl (C=O) groups excluding carboxylic acids is 3. The summed E-state index contributed by atoms with van der Waals surface area (Å²) in [6, 6.07) is 22.2. The number of fused-ring (bicyclic) bond motifs is 1. The largest absolute Gasteiger partial charge is 0.490 e. The Hall–Kier alpha value is -5.59. The summed E-state index contributed by atoms with van der Waals surface area (Å²) in [7, 11) is 0. The second-order valence-electron chi connectivity index (χ2n) is 9.81. The number of ether oxygens (including phenoxy) is 2. The number of nitrogens with zero attached hydrogens (tertiary/aromatic N) is 2. The molecule has 5 rings (SSSR count). The normalized spacial score (nSPS) is 10.9. The summed E-state index contributed by atoms with van der Waals surface area (Å²) in [6.45, 7) is 4.07. The highest BCUT2D eigenvalue weighted by molar-refractivity contribution is 7.21. The van der Waals surface area contributed by atoms with Crippen molar-refractivity contribution in [1.82, 2.24) is 5.43 Å². The van der Waals surface area contributed by atoms with Gasteiger partial charge in [-0.1, -0.05) is 29.3 Å². The van der Waals surface area contributed by atoms with Crippen LogP contribution in [0.2, 0.25) is 5.02 Å². The SMILES string of the molecule is CCOc1cc(/C=N\NC(=O)c2ccc(NC(=O)c3sc4cc([N+](=O)[O-])ccc4c3Cl)cc2)ccc1OC(=O)c1ccc(C)cc1. The van der Waals surface area contributed by atoms with Gasteiger partial charge < -0.3 is 14.8 Å². The van der Waals surface area contributed by atoms with Crippen molar-refractivity contribution in [2.24, 2.45) is 5.10 Å². The summed E-state index contributed by atoms with van der Waals surface area (Å²) in [5.41, 5.74) is 5.07. The van der Waals surface area contributed by atoms with Crippen LogP contribution in [-0.2, 0) is 0 Å². The van der Waals surface area contributed by atoms with Gasteiger partial charge in [0.05, 0.1) is 28.3 Å². The van der Waals surface area contributed by atoms with Crippen LogP contribution < -0.4 is 20.2 Å². The molecule has 0 spiro atoms. The van der Waals surface area contributed by atoms with Gasteiger partial charge in [0, 0.05) is 33.5 Å². The summed E-state index contributed by atoms with van der Waals surface area (Å²) in [4.78, 5) is 48.9. The molecule has 0 atom stereocenters. The molecule has 2 amide bonds. The van der Waals surface area contributed by atoms with E-state index in [-0.39, 0.29) is 26.9 Å². The number of aryl methyl sites for hydroxylation is 1. The fraction of sp³-hybridized carbons (Fsp3) is 0.0909. The smallest absolute Gasteiger partial charge is 0.343 e. The van der Waals surface area contributed by atoms with Gasteiger partial charge in [-0.25, -0.2) is 10.2 Å². The number of amides is 2. The summed E-state index contributed by atoms with van der Waals surface area (Å²) < 4.78 is 11.7. The Morgan fingerprint density at radius 3 is 2.35 bits per heavy atom. The number of halogens is 1. The van der Waals surface area contributed by atoms with Gasteiger partial charge in [-0.15, -0.1) is 11.3 Å². The Morgan fingerprint density at radius 2 is 1.65 bits per heavy atom. The molecule has 1 heterocycles. The van der Waals surface area contributed by atoms with Crippen molar-refractivity contribution >= 4 is 68.4 Å². The highest BCUT2D eigenvalue weighted by atomic mass is 35.5. The third-order valence-electron chi connectivity index (χ3n) is 6.57. The van der Waals surface area contributed by atoms with Crippen molar-refractivity contribution in [2.75, 3.05) is 11.9 Å². The Bertz CT molecular complexity index is 1990. The van der Waals surface area contributed by atoms with Crippen LogP contribution in [-0.4, -0.2) is 35.5 Å². The molecule has 1 aromatic heterocycles. The van der Waals surface area contributed by atoms with E-state index in [0.717, 1.165) is 16.9 Å². The van der Waals surface area contributed by atoms with E-state index in [1.54, 1.807) is 49.4 Å². The highest BCUT2D eigenvalue weighted by Crippen LogP contribution is 2.37. The van der Waals surface area contributed by atoms with E-state index in [4.69, 9.17) is 21.1 Å². The molecule has 13 heteroatoms. The molecule has 4 aromatic carbocycles. The van der Waals surface area contributed by atoms with Crippen LogP contribution in [0.3, 0.4) is 0 Å². The first kappa shape index (κ1) is 31.8. The summed E-state index contributed by atoms with van der Waals surface area (Å²) >= 11 is 7.42. The van der Waals surface area contributed by atoms with Crippen molar-refractivity contribution in [2.45, 2.75) is 13.8 Å². The number of nitrogens with one attached hydrogen (secondary N) is 2. The van der Waals surface area contributed by atoms with Crippen molar-refractivity contribution in [3.8, 4) is 11.5 Å². The maximum absolute atomic E-state index is 12.9. The fourth-order valence-electron chi connectivity index (χ4n) is 4.24. The summed E-state index contributed by atoms with van der Waals surface area (Å²) in [6.07, 6.45) is 1.42. The average molecular weight is 657 g/mol. The van der Waals surface area contributed by atoms with Gasteiger partial charge in [0.2, 0.25) is 0 Å². The number of thiophene rings is 1. The Morgan fingerprint density at radius 1 is 0.935 bits per heavy atom. The van der Waals surface area contributed by atoms with Gasteiger partial charge in [0.15, 0.2) is 11.5 Å². The number of esters is 1. The third kappa shape index (κ3) is 7.37. The predicted octanol–water partition coefficient (Wildman–Crippen LogP) is 7.41. The zero-order chi connectivity index (χ0) is 32.8. The van der Waals surface area contributed by atoms with Crippen LogP contribution >= 0.6 is 22.9 Å². The van der Waals surface area contributed by atoms with Crippen LogP contribution in [0.5, 0.6) is 11.5 Å². The minimum Gasteiger partial charge on any atom is -0.490 e. The minimum absolute atomic E-state index is 0.0967. The van der Waals surface area contributed by atoms with Crippen LogP contribution in [0.4, 0.5) is 11.4 Å². The zero-order valence-electron chi connectivity index (χ0n) is 24.4. The van der Waals surface area contributed by atoms with Crippen molar-refractivity contribution in [3.63, 3.8) is 0 Å². The molecule has 0 unspecified atom stereocenters. The number of nitro benzene ring substituents is 1. The van der Waals surface area contributed by atoms with Crippen LogP contribution in [0.15, 0.2) is 90.0 Å². The Kier molecular flexibility index (Phi) is 9.70. The molecule has 0 saturated carbocycles. The predicted molar refractivity (Wildman–Crippen MR) is 177 cm³/mol. The van der Waals surface area contributed by atoms with E-state index < -0.39 is 22.7 Å². The molecule has 0 fully saturated rings. The molecule has 0 saturated heterocycles. The van der Waals surface area contributed by atoms with Crippen LogP contribution in [0.25, 0.3) is 10.1 Å². The number of non-ortho nitro benzene ring substituents is 1. The third-order valence-corrected chi connectivity index (χ3v) is 8.23. The lowest BCUT2D eigenvalue weighted by Gasteiger charge is -2.11. The van der Waals surface area contributed by atoms with Gasteiger partial charge in [-0.2, -0.15) is 5.10 Å². The van der Waals surface area contributed by atoms with E-state index >= 15 is 0 Å². The lowest BCUT2D eigenvalue weighted by atomic mass is 10.1. The highest BCUT2D eigenvalue weighted by Gasteiger charge is 2.20. The Balaban J connectivity index is 1.19. The number of anilines is 1. The van der Waals surface area contributed by atoms with Crippen molar-refractivity contribution < 1.29 is 28.8 Å². The summed E-state index contributed by atoms with van der Waals surface area (Å²) in [5.74, 6) is -0.902. The molecule has 0 aliphatic rings. The maximum atomic E-state index is 12.9. The van der Waals surface area contributed by atoms with Crippen LogP contribution in [0.1, 0.15) is 48.4 Å². The van der Waals surface area contributed by atoms with E-state index in [1.807, 2.05) is 19.1 Å². The Labute approximate surface area is 271 Å². The molecule has 2 N–H and O–H groups in total. The molecule has 5 aromatic rings. The molecule has 46 heavy (non-hydrogen) atoms. The number of benzene rings is 4. The standard InChI is InChI=1S/C33H25ClN4O7S/c1-3-44-27-16-20(6-15-26(27)45-33(41)22-7-4-19(2)5-8-22)18-35-37-31(39)21-9-11-23(12-10-21)36-32(40)30-29(34)25-14-13-24(38(42)43)17-28(25)46-30/h4-18H,3H2,1-2H3,(H,36,40)(H,37,39)/b35-18-. The molecule has 0 aliphatic carbocycles. The average Bonchev–Trinajstić information content (AvgIpc) is 3.38. The quantitative estimate of drug-likeness (QED) is 0.0523. The first-order valence-electron chi connectivity index (χ1n) is 13.8. The molecule has 11 nitrogen and oxygen atoms in total. The summed E-state index contributed by atoms with van der Waals surface area (Å²) in [5, 5.41) is 18.5. The number of nitro groups is 1. The number of hydrogen-bond acceptors (Lipinski definition) is 9. The van der Waals surface area contributed by atoms with E-state index in [9.17, 15) is 24.5 Å². The molecule has 232 valence electrons. The van der Waals surface area contributed by atoms with Gasteiger partial charge in [-0.3, -0.25) is 19.7 Å². The van der Waals surface area contributed by atoms with Gasteiger partial charge in [0.1, 0.15) is 4.88 Å². The topological polar surface area (TPSA) is 149 Å². The molecule has 0 radical (unpaired) electrons. The minimum atomic E-state index is -0.516. The zero-order valence-corrected chi connectivity index (χ0v) is 26.0. The monoisotopic (exact) mass is 656 g/mol. The lowest BCUT2D eigenvalue weighted by Crippen LogP contribution is -2.17. The number of hydrogen-bond donors (Lipinski definition) is 2. The second-order valence-corrected chi connectivity index (χ2v) is 11.2. The van der Waals surface area contributed by atoms with E-state index in [2.05, 4.69) is 15.8 Å². The van der Waals surface area contributed by atoms with Crippen LogP contribution in [0, 0.1) is 17.0 Å². The molecule has 0 aliphatic heterocycles. The fourth-order valence-corrected chi connectivity index (χ4v) is 5.69. The first-order chi connectivity index (χ1) is 22.1. The second kappa shape index (κ2) is 14.0. The van der Waals surface area contributed by atoms with Gasteiger partial charge in [-0.05, 0) is 80.1 Å². The van der Waals surface area contributed by atoms with Crippen molar-refractivity contribution in [3.05, 3.63) is 127 Å². The molecular formula is C33H25ClN4O7S. The maximum Gasteiger partial charge on any atom is 0.343 e. The van der Waals surface area contributed by atoms with E-state index in [0.29, 0.717) is 39.3 Å². The number of carbonyl (C=O) groups is 3. The number of hydrazone groups is 1. The lowest BCUT2D eigenvalue weighted by molar-refractivity contribution is -0.384. The molecular weight excluding hydrogens is 632 g/mol.